The maximum atomic E-state index is 5.16. The van der Waals surface area contributed by atoms with Crippen molar-refractivity contribution in [1.29, 1.82) is 0 Å². The van der Waals surface area contributed by atoms with E-state index in [4.69, 9.17) is 15.0 Å². The molecule has 1 spiro atoms. The van der Waals surface area contributed by atoms with Gasteiger partial charge in [0, 0.05) is 42.3 Å². The molecule has 10 rings (SSSR count). The topological polar surface area (TPSA) is 38.7 Å². The van der Waals surface area contributed by atoms with Gasteiger partial charge in [-0.15, -0.1) is 11.3 Å². The first-order valence-electron chi connectivity index (χ1n) is 17.3. The molecule has 234 valence electrons. The van der Waals surface area contributed by atoms with Crippen molar-refractivity contribution in [3.05, 3.63) is 151 Å². The third kappa shape index (κ3) is 4.66. The van der Waals surface area contributed by atoms with E-state index in [1.807, 2.05) is 35.6 Å². The van der Waals surface area contributed by atoms with E-state index in [1.165, 1.54) is 85.7 Å². The summed E-state index contributed by atoms with van der Waals surface area (Å²) in [5.74, 6) is 2.09. The molecule has 0 aliphatic heterocycles. The Labute approximate surface area is 290 Å². The van der Waals surface area contributed by atoms with Crippen LogP contribution in [0.2, 0.25) is 0 Å². The second-order valence-corrected chi connectivity index (χ2v) is 14.6. The lowest BCUT2D eigenvalue weighted by atomic mass is 9.67. The van der Waals surface area contributed by atoms with Crippen molar-refractivity contribution in [2.45, 2.75) is 37.5 Å². The number of hydrogen-bond donors (Lipinski definition) is 0. The van der Waals surface area contributed by atoms with Gasteiger partial charge in [0.1, 0.15) is 0 Å². The van der Waals surface area contributed by atoms with Crippen LogP contribution in [-0.4, -0.2) is 15.0 Å². The Hall–Kier alpha value is -5.45. The fourth-order valence-electron chi connectivity index (χ4n) is 8.34. The van der Waals surface area contributed by atoms with Gasteiger partial charge in [0.05, 0.1) is 0 Å². The molecular formula is C45H33N3S. The lowest BCUT2D eigenvalue weighted by Crippen LogP contribution is -2.28. The molecule has 1 fully saturated rings. The van der Waals surface area contributed by atoms with Gasteiger partial charge >= 0.3 is 0 Å². The van der Waals surface area contributed by atoms with Crippen LogP contribution in [0.4, 0.5) is 0 Å². The number of benzene rings is 6. The average Bonchev–Trinajstić information content (AvgIpc) is 3.67. The van der Waals surface area contributed by atoms with E-state index < -0.39 is 0 Å². The highest BCUT2D eigenvalue weighted by atomic mass is 32.1. The standard InChI is InChI=1S/C45H33N3S/c1-4-12-29(13-5-1)30-18-20-32(21-19-30)43-46-42(31-14-6-2-7-15-31)47-44(48-43)33-22-23-34-36-28-41-37(35-16-8-9-17-40(35)49-41)27-39(36)45(38(34)26-33)24-10-3-11-25-45/h1-2,4-9,12-23,26-28H,3,10-11,24-25H2. The van der Waals surface area contributed by atoms with Crippen LogP contribution >= 0.6 is 11.3 Å². The van der Waals surface area contributed by atoms with Crippen molar-refractivity contribution in [3.8, 4) is 56.4 Å². The van der Waals surface area contributed by atoms with Gasteiger partial charge in [-0.2, -0.15) is 0 Å². The predicted octanol–water partition coefficient (Wildman–Crippen LogP) is 12.1. The molecule has 4 heteroatoms. The van der Waals surface area contributed by atoms with Gasteiger partial charge in [-0.25, -0.2) is 15.0 Å². The van der Waals surface area contributed by atoms with E-state index in [-0.39, 0.29) is 5.41 Å². The molecule has 0 N–H and O–H groups in total. The molecule has 2 aliphatic rings. The smallest absolute Gasteiger partial charge is 0.164 e. The molecule has 3 nitrogen and oxygen atoms in total. The molecule has 0 unspecified atom stereocenters. The van der Waals surface area contributed by atoms with E-state index in [1.54, 1.807) is 0 Å². The van der Waals surface area contributed by atoms with Crippen LogP contribution in [0, 0.1) is 0 Å². The molecule has 1 saturated carbocycles. The number of thiophene rings is 1. The highest BCUT2D eigenvalue weighted by Gasteiger charge is 2.44. The molecule has 2 aromatic heterocycles. The molecule has 0 saturated heterocycles. The Kier molecular flexibility index (Phi) is 6.60. The molecule has 8 aromatic rings. The summed E-state index contributed by atoms with van der Waals surface area (Å²) in [5, 5.41) is 2.76. The van der Waals surface area contributed by atoms with Crippen molar-refractivity contribution in [2.75, 3.05) is 0 Å². The molecule has 49 heavy (non-hydrogen) atoms. The van der Waals surface area contributed by atoms with Crippen molar-refractivity contribution >= 4 is 31.5 Å². The number of aromatic nitrogens is 3. The van der Waals surface area contributed by atoms with Crippen molar-refractivity contribution in [1.82, 2.24) is 15.0 Å². The monoisotopic (exact) mass is 647 g/mol. The maximum absolute atomic E-state index is 5.16. The van der Waals surface area contributed by atoms with Crippen LogP contribution in [-0.2, 0) is 5.41 Å². The molecular weight excluding hydrogens is 615 g/mol. The van der Waals surface area contributed by atoms with Crippen LogP contribution < -0.4 is 0 Å². The zero-order valence-electron chi connectivity index (χ0n) is 27.1. The van der Waals surface area contributed by atoms with Gasteiger partial charge in [0.2, 0.25) is 0 Å². The van der Waals surface area contributed by atoms with Gasteiger partial charge in [-0.05, 0) is 70.5 Å². The van der Waals surface area contributed by atoms with Crippen LogP contribution in [0.15, 0.2) is 140 Å². The Morgan fingerprint density at radius 1 is 0.408 bits per heavy atom. The first-order valence-corrected chi connectivity index (χ1v) is 18.1. The molecule has 6 aromatic carbocycles. The number of nitrogens with zero attached hydrogens (tertiary/aromatic N) is 3. The minimum absolute atomic E-state index is 0.0154. The number of fused-ring (bicyclic) bond motifs is 8. The Morgan fingerprint density at radius 2 is 0.959 bits per heavy atom. The molecule has 0 amide bonds. The quantitative estimate of drug-likeness (QED) is 0.191. The minimum atomic E-state index is 0.0154. The van der Waals surface area contributed by atoms with Crippen molar-refractivity contribution in [2.24, 2.45) is 0 Å². The highest BCUT2D eigenvalue weighted by Crippen LogP contribution is 2.58. The third-order valence-corrected chi connectivity index (χ3v) is 11.9. The van der Waals surface area contributed by atoms with Crippen molar-refractivity contribution in [3.63, 3.8) is 0 Å². The number of hydrogen-bond acceptors (Lipinski definition) is 4. The van der Waals surface area contributed by atoms with Crippen LogP contribution in [0.1, 0.15) is 43.2 Å². The molecule has 0 atom stereocenters. The SMILES string of the molecule is c1ccc(-c2ccc(-c3nc(-c4ccccc4)nc(-c4ccc5c(c4)C4(CCCCC4)c4cc6c(cc4-5)sc4ccccc46)n3)cc2)cc1. The fourth-order valence-corrected chi connectivity index (χ4v) is 9.46. The van der Waals surface area contributed by atoms with E-state index in [0.29, 0.717) is 17.5 Å². The van der Waals surface area contributed by atoms with Crippen LogP contribution in [0.25, 0.3) is 76.6 Å². The van der Waals surface area contributed by atoms with Gasteiger partial charge in [-0.3, -0.25) is 0 Å². The van der Waals surface area contributed by atoms with E-state index in [9.17, 15) is 0 Å². The van der Waals surface area contributed by atoms with Gasteiger partial charge in [0.25, 0.3) is 0 Å². The van der Waals surface area contributed by atoms with Crippen LogP contribution in [0.3, 0.4) is 0 Å². The van der Waals surface area contributed by atoms with Crippen LogP contribution in [0.5, 0.6) is 0 Å². The Bertz CT molecular complexity index is 2510. The van der Waals surface area contributed by atoms with E-state index >= 15 is 0 Å². The second-order valence-electron chi connectivity index (χ2n) is 13.5. The summed E-state index contributed by atoms with van der Waals surface area (Å²) < 4.78 is 2.74. The largest absolute Gasteiger partial charge is 0.208 e. The summed E-state index contributed by atoms with van der Waals surface area (Å²) in [6.07, 6.45) is 6.15. The van der Waals surface area contributed by atoms with E-state index in [0.717, 1.165) is 16.7 Å². The first-order chi connectivity index (χ1) is 24.2. The zero-order chi connectivity index (χ0) is 32.4. The second kappa shape index (κ2) is 11.3. The fraction of sp³-hybridized carbons (Fsp3) is 0.133. The summed E-state index contributed by atoms with van der Waals surface area (Å²) in [4.78, 5) is 15.3. The number of rotatable bonds is 4. The Morgan fingerprint density at radius 3 is 1.69 bits per heavy atom. The molecule has 2 aliphatic carbocycles. The van der Waals surface area contributed by atoms with Gasteiger partial charge in [-0.1, -0.05) is 135 Å². The maximum Gasteiger partial charge on any atom is 0.164 e. The predicted molar refractivity (Wildman–Crippen MR) is 204 cm³/mol. The third-order valence-electron chi connectivity index (χ3n) is 10.7. The molecule has 0 bridgehead atoms. The highest BCUT2D eigenvalue weighted by molar-refractivity contribution is 7.25. The lowest BCUT2D eigenvalue weighted by Gasteiger charge is -2.36. The van der Waals surface area contributed by atoms with Gasteiger partial charge in [0.15, 0.2) is 17.5 Å². The summed E-state index contributed by atoms with van der Waals surface area (Å²) in [5.41, 5.74) is 11.1. The molecule has 2 heterocycles. The van der Waals surface area contributed by atoms with E-state index in [2.05, 4.69) is 115 Å². The lowest BCUT2D eigenvalue weighted by molar-refractivity contribution is 0.353. The minimum Gasteiger partial charge on any atom is -0.208 e. The van der Waals surface area contributed by atoms with Crippen molar-refractivity contribution < 1.29 is 0 Å². The average molecular weight is 648 g/mol. The Balaban J connectivity index is 1.13. The van der Waals surface area contributed by atoms with Gasteiger partial charge < -0.3 is 0 Å². The summed E-state index contributed by atoms with van der Waals surface area (Å²) in [7, 11) is 0. The first kappa shape index (κ1) is 28.6. The summed E-state index contributed by atoms with van der Waals surface area (Å²) >= 11 is 1.91. The summed E-state index contributed by atoms with van der Waals surface area (Å²) in [6, 6.07) is 50.2. The molecule has 0 radical (unpaired) electrons. The zero-order valence-corrected chi connectivity index (χ0v) is 27.9. The normalized spacial score (nSPS) is 14.7. The summed E-state index contributed by atoms with van der Waals surface area (Å²) in [6.45, 7) is 0.